The molecule has 0 aromatic heterocycles. The maximum absolute atomic E-state index is 9.98. The minimum atomic E-state index is -1.00. The standard InChI is InChI=1S/C19H28N2O3S.C10H18N2O3S.C9H12O.CH3F.Na.H/c1-6-15-12(2)17(16-18(24-15)25-19(20-16)21(3)4)23-11-13-7-9-14(22-5)10-8-13;1-4-5-7(13)8(14)6-9(15-5)16-10(11-6)12(2)3;1-3-8-4-6-9(10-2)7-5-8;1-2;;/h7-10,12,15-18H,6,11H2,1-5H3;5-9,13-14H,4H2,1-3H3;4-7H,3H2,1-2H3;1H3;;/q;;;;+1;-1/t12-,15-,16-,17+,18-;5-,6-,7-,8-,9-;;;;/m11..../s1/i;;;1D;;. The van der Waals surface area contributed by atoms with Crippen molar-refractivity contribution in [3.8, 4) is 11.5 Å². The molecule has 2 aromatic rings. The van der Waals surface area contributed by atoms with E-state index in [9.17, 15) is 14.6 Å². The van der Waals surface area contributed by atoms with Gasteiger partial charge in [-0.15, -0.1) is 0 Å². The summed E-state index contributed by atoms with van der Waals surface area (Å²) in [7, 11) is 10.2. The van der Waals surface area contributed by atoms with Gasteiger partial charge in [-0.25, -0.2) is 0 Å². The first-order chi connectivity index (χ1) is 25.8. The van der Waals surface area contributed by atoms with Crippen molar-refractivity contribution < 1.29 is 70.6 Å². The predicted octanol–water partition coefficient (Wildman–Crippen LogP) is 3.22. The van der Waals surface area contributed by atoms with E-state index in [4.69, 9.17) is 30.0 Å². The van der Waals surface area contributed by atoms with Gasteiger partial charge >= 0.3 is 29.6 Å². The molecular formula is C39H62FN4NaO7S2. The number of aliphatic hydroxyl groups excluding tert-OH is 2. The van der Waals surface area contributed by atoms with Gasteiger partial charge in [0.05, 0.1) is 47.7 Å². The third-order valence-corrected chi connectivity index (χ3v) is 12.0. The van der Waals surface area contributed by atoms with Crippen LogP contribution in [0.25, 0.3) is 0 Å². The van der Waals surface area contributed by atoms with Gasteiger partial charge < -0.3 is 45.1 Å². The third kappa shape index (κ3) is 13.0. The fourth-order valence-corrected chi connectivity index (χ4v) is 8.55. The van der Waals surface area contributed by atoms with E-state index < -0.39 is 19.4 Å². The van der Waals surface area contributed by atoms with Crippen LogP contribution in [-0.4, -0.2) is 133 Å². The number of aryl methyl sites for hydroxylation is 1. The van der Waals surface area contributed by atoms with Crippen molar-refractivity contribution in [2.75, 3.05) is 49.6 Å². The zero-order valence-electron chi connectivity index (χ0n) is 35.8. The number of hydrogen-bond donors (Lipinski definition) is 2. The number of benzene rings is 2. The van der Waals surface area contributed by atoms with Crippen LogP contribution in [-0.2, 0) is 27.2 Å². The molecule has 10 atom stereocenters. The molecule has 4 heterocycles. The maximum atomic E-state index is 9.98. The van der Waals surface area contributed by atoms with Crippen molar-refractivity contribution in [3.63, 3.8) is 0 Å². The number of methoxy groups -OCH3 is 2. The molecule has 54 heavy (non-hydrogen) atoms. The van der Waals surface area contributed by atoms with Crippen molar-refractivity contribution in [2.45, 2.75) is 107 Å². The molecule has 0 aliphatic carbocycles. The van der Waals surface area contributed by atoms with E-state index in [1.54, 1.807) is 26.0 Å². The number of hydrogen-bond acceptors (Lipinski definition) is 13. The summed E-state index contributed by atoms with van der Waals surface area (Å²) in [6.07, 6.45) is 1.10. The summed E-state index contributed by atoms with van der Waals surface area (Å²) in [4.78, 5) is 13.2. The molecule has 6 rings (SSSR count). The van der Waals surface area contributed by atoms with Crippen molar-refractivity contribution in [1.29, 1.82) is 0 Å². The molecule has 0 amide bonds. The van der Waals surface area contributed by atoms with E-state index in [2.05, 4.69) is 54.9 Å². The minimum Gasteiger partial charge on any atom is -1.00 e. The van der Waals surface area contributed by atoms with Gasteiger partial charge in [0, 0.05) is 34.1 Å². The van der Waals surface area contributed by atoms with Gasteiger partial charge in [0.15, 0.2) is 10.3 Å². The number of amidine groups is 2. The molecule has 0 bridgehead atoms. The SMILES string of the molecule is CC[C@H]1O[C@@H]2SC(N(C)C)=N[C@@H]2[C@@H](O)[C@@H]1O.CC[C@H]1O[C@@H]2SC(N(C)C)=N[C@@H]2[C@@H](OCc2ccc(OC)cc2)[C@@H]1C.CCc1ccc(OC)cc1.[2H]CF.[H-].[Na+]. The molecule has 2 saturated heterocycles. The van der Waals surface area contributed by atoms with Crippen LogP contribution < -0.4 is 39.0 Å². The van der Waals surface area contributed by atoms with Gasteiger partial charge in [0.1, 0.15) is 46.7 Å². The van der Waals surface area contributed by atoms with Gasteiger partial charge in [-0.3, -0.25) is 14.4 Å². The number of fused-ring (bicyclic) bond motifs is 2. The second-order valence-electron chi connectivity index (χ2n) is 13.4. The number of aliphatic hydroxyl groups is 2. The zero-order chi connectivity index (χ0) is 39.9. The van der Waals surface area contributed by atoms with Gasteiger partial charge in [0.25, 0.3) is 0 Å². The first kappa shape index (κ1) is 46.8. The zero-order valence-corrected chi connectivity index (χ0v) is 37.5. The molecule has 11 nitrogen and oxygen atoms in total. The first-order valence-corrected chi connectivity index (χ1v) is 19.8. The van der Waals surface area contributed by atoms with Crippen molar-refractivity contribution in [1.82, 2.24) is 9.80 Å². The van der Waals surface area contributed by atoms with Crippen LogP contribution in [0.2, 0.25) is 0 Å². The summed E-state index contributed by atoms with van der Waals surface area (Å²) in [5.41, 5.74) is 2.38. The Hall–Kier alpha value is -1.59. The Morgan fingerprint density at radius 2 is 1.22 bits per heavy atom. The van der Waals surface area contributed by atoms with Crippen LogP contribution in [0.4, 0.5) is 4.39 Å². The van der Waals surface area contributed by atoms with E-state index in [1.807, 2.05) is 64.3 Å². The molecule has 2 aromatic carbocycles. The van der Waals surface area contributed by atoms with Crippen LogP contribution in [0, 0.1) is 5.92 Å². The second-order valence-corrected chi connectivity index (χ2v) is 15.5. The van der Waals surface area contributed by atoms with Crippen molar-refractivity contribution in [3.05, 3.63) is 59.7 Å². The fraction of sp³-hybridized carbons (Fsp3) is 0.641. The first-order valence-electron chi connectivity index (χ1n) is 18.8. The van der Waals surface area contributed by atoms with E-state index in [0.29, 0.717) is 18.9 Å². The van der Waals surface area contributed by atoms with Crippen LogP contribution in [0.15, 0.2) is 58.5 Å². The normalized spacial score (nSPS) is 29.3. The summed E-state index contributed by atoms with van der Waals surface area (Å²) >= 11 is 3.22. The Bertz CT molecular complexity index is 1430. The molecular weight excluding hydrogens is 743 g/mol. The van der Waals surface area contributed by atoms with Gasteiger partial charge in [-0.05, 0) is 54.7 Å². The smallest absolute Gasteiger partial charge is 1.00 e. The molecule has 4 aliphatic rings. The van der Waals surface area contributed by atoms with E-state index >= 15 is 0 Å². The van der Waals surface area contributed by atoms with Crippen LogP contribution in [0.5, 0.6) is 11.5 Å². The summed E-state index contributed by atoms with van der Waals surface area (Å²) in [5, 5.41) is 21.7. The van der Waals surface area contributed by atoms with Gasteiger partial charge in [-0.1, -0.05) is 75.5 Å². The Kier molecular flexibility index (Phi) is 21.0. The molecule has 0 saturated carbocycles. The molecule has 0 spiro atoms. The molecule has 300 valence electrons. The molecule has 2 fully saturated rings. The monoisotopic (exact) mass is 805 g/mol. The third-order valence-electron chi connectivity index (χ3n) is 9.40. The van der Waals surface area contributed by atoms with Crippen LogP contribution >= 0.6 is 23.5 Å². The average Bonchev–Trinajstić information content (AvgIpc) is 3.82. The topological polar surface area (TPSA) is 118 Å². The molecule has 15 heteroatoms. The van der Waals surface area contributed by atoms with Gasteiger partial charge in [-0.2, -0.15) is 0 Å². The number of halogens is 1. The van der Waals surface area contributed by atoms with E-state index in [0.717, 1.165) is 40.2 Å². The summed E-state index contributed by atoms with van der Waals surface area (Å²) in [6, 6.07) is 15.9. The number of alkyl halides is 1. The second kappa shape index (κ2) is 24.2. The molecule has 0 unspecified atom stereocenters. The number of nitrogens with zero attached hydrogens (tertiary/aromatic N) is 4. The number of thioether (sulfide) groups is 2. The molecule has 0 radical (unpaired) electrons. The van der Waals surface area contributed by atoms with Crippen LogP contribution in [0.1, 0.15) is 54.5 Å². The number of rotatable bonds is 8. The van der Waals surface area contributed by atoms with Gasteiger partial charge in [0.2, 0.25) is 0 Å². The van der Waals surface area contributed by atoms with E-state index in [1.165, 1.54) is 17.3 Å². The number of ether oxygens (including phenoxy) is 5. The number of aliphatic imine (C=N–C) groups is 2. The Morgan fingerprint density at radius 1 is 0.778 bits per heavy atom. The maximum Gasteiger partial charge on any atom is 1.00 e. The fourth-order valence-electron chi connectivity index (χ4n) is 6.23. The van der Waals surface area contributed by atoms with Crippen molar-refractivity contribution in [2.24, 2.45) is 15.9 Å². The Labute approximate surface area is 356 Å². The summed E-state index contributed by atoms with van der Waals surface area (Å²) < 4.78 is 44.1. The quantitative estimate of drug-likeness (QED) is 0.384. The minimum absolute atomic E-state index is 0. The largest absolute Gasteiger partial charge is 1.00 e. The predicted molar refractivity (Wildman–Crippen MR) is 216 cm³/mol. The molecule has 2 N–H and O–H groups in total. The Morgan fingerprint density at radius 3 is 1.67 bits per heavy atom. The summed E-state index contributed by atoms with van der Waals surface area (Å²) in [5.74, 6) is 2.11. The Balaban J connectivity index is 0.000000434. The average molecular weight is 806 g/mol. The van der Waals surface area contributed by atoms with Crippen molar-refractivity contribution >= 4 is 33.9 Å². The molecule has 4 aliphatic heterocycles. The van der Waals surface area contributed by atoms with E-state index in [-0.39, 0.29) is 72.3 Å². The van der Waals surface area contributed by atoms with Crippen LogP contribution in [0.3, 0.4) is 0 Å². The summed E-state index contributed by atoms with van der Waals surface area (Å²) in [6.45, 7) is 9.05.